The molecule has 0 aliphatic carbocycles. The van der Waals surface area contributed by atoms with Gasteiger partial charge in [0.15, 0.2) is 12.4 Å². The Kier molecular flexibility index (Phi) is 7.89. The van der Waals surface area contributed by atoms with Gasteiger partial charge in [-0.25, -0.2) is 0 Å². The first-order valence-corrected chi connectivity index (χ1v) is 4.51. The first-order chi connectivity index (χ1) is 6.95. The van der Waals surface area contributed by atoms with E-state index in [1.54, 1.807) is 19.1 Å². The maximum atomic E-state index is 11.3. The Morgan fingerprint density at radius 2 is 1.94 bits per heavy atom. The van der Waals surface area contributed by atoms with Crippen molar-refractivity contribution in [2.75, 3.05) is 7.11 Å². The largest absolute Gasteiger partial charge is 0.619 e. The smallest absolute Gasteiger partial charge is 0.325 e. The fourth-order valence-corrected chi connectivity index (χ4v) is 1.29. The molecule has 1 aromatic heterocycles. The van der Waals surface area contributed by atoms with Gasteiger partial charge in [0, 0.05) is 18.6 Å². The third-order valence-corrected chi connectivity index (χ3v) is 2.09. The molecule has 0 aromatic carbocycles. The Morgan fingerprint density at radius 1 is 1.47 bits per heavy atom. The van der Waals surface area contributed by atoms with E-state index < -0.39 is 11.5 Å². The Balaban J connectivity index is 0. The molecule has 0 aliphatic heterocycles. The summed E-state index contributed by atoms with van der Waals surface area (Å²) in [5.41, 5.74) is 5.53. The van der Waals surface area contributed by atoms with E-state index in [0.29, 0.717) is 11.2 Å². The van der Waals surface area contributed by atoms with Gasteiger partial charge in [0.2, 0.25) is 0 Å². The Hall–Kier alpha value is -1.04. The highest BCUT2D eigenvalue weighted by molar-refractivity contribution is 5.85. The first kappa shape index (κ1) is 18.3. The zero-order chi connectivity index (χ0) is 11.5. The van der Waals surface area contributed by atoms with Crippen LogP contribution in [0.2, 0.25) is 0 Å². The van der Waals surface area contributed by atoms with Gasteiger partial charge in [-0.2, -0.15) is 4.73 Å². The molecule has 0 amide bonds. The van der Waals surface area contributed by atoms with Crippen molar-refractivity contribution in [3.63, 3.8) is 0 Å². The minimum atomic E-state index is -1.07. The summed E-state index contributed by atoms with van der Waals surface area (Å²) in [5, 5.41) is 10.8. The molecule has 1 rings (SSSR count). The molecule has 0 bridgehead atoms. The molecule has 1 heterocycles. The molecule has 0 saturated heterocycles. The van der Waals surface area contributed by atoms with Crippen molar-refractivity contribution >= 4 is 30.8 Å². The van der Waals surface area contributed by atoms with Gasteiger partial charge in [-0.05, 0) is 12.5 Å². The van der Waals surface area contributed by atoms with E-state index in [4.69, 9.17) is 5.73 Å². The molecule has 0 spiro atoms. The number of ether oxygens (including phenoxy) is 1. The van der Waals surface area contributed by atoms with Crippen molar-refractivity contribution in [3.05, 3.63) is 35.3 Å². The number of nitrogens with two attached hydrogens (primary N) is 1. The number of carbonyl (C=O) groups is 1. The monoisotopic (exact) mass is 282 g/mol. The van der Waals surface area contributed by atoms with Crippen molar-refractivity contribution in [2.24, 2.45) is 5.73 Å². The molecule has 1 aromatic rings. The number of hydrogen-bond donors (Lipinski definition) is 1. The number of halogens is 2. The SMILES string of the molecule is COC(=O)C(C)(N)Cc1cc[n+]([O-])cc1.Cl.Cl. The molecule has 1 atom stereocenters. The number of nitrogens with zero attached hydrogens (tertiary/aromatic N) is 1. The third kappa shape index (κ3) is 5.21. The molecule has 1 unspecified atom stereocenters. The minimum absolute atomic E-state index is 0. The summed E-state index contributed by atoms with van der Waals surface area (Å²) in [6.07, 6.45) is 3.06. The van der Waals surface area contributed by atoms with E-state index in [9.17, 15) is 10.0 Å². The molecule has 0 fully saturated rings. The van der Waals surface area contributed by atoms with E-state index in [0.717, 1.165) is 5.56 Å². The van der Waals surface area contributed by atoms with Crippen LogP contribution in [0.3, 0.4) is 0 Å². The number of aromatic nitrogens is 1. The molecule has 5 nitrogen and oxygen atoms in total. The highest BCUT2D eigenvalue weighted by Gasteiger charge is 2.29. The lowest BCUT2D eigenvalue weighted by molar-refractivity contribution is -0.605. The lowest BCUT2D eigenvalue weighted by atomic mass is 9.95. The third-order valence-electron chi connectivity index (χ3n) is 2.09. The van der Waals surface area contributed by atoms with E-state index in [2.05, 4.69) is 4.74 Å². The number of methoxy groups -OCH3 is 1. The molecule has 0 aliphatic rings. The molecular formula is C10H16Cl2N2O3. The van der Waals surface area contributed by atoms with Gasteiger partial charge in [0.25, 0.3) is 0 Å². The number of pyridine rings is 1. The van der Waals surface area contributed by atoms with Gasteiger partial charge in [0.05, 0.1) is 7.11 Å². The zero-order valence-corrected chi connectivity index (χ0v) is 11.2. The molecule has 0 radical (unpaired) electrons. The lowest BCUT2D eigenvalue weighted by Gasteiger charge is -2.20. The quantitative estimate of drug-likeness (QED) is 0.500. The van der Waals surface area contributed by atoms with Gasteiger partial charge in [-0.15, -0.1) is 24.8 Å². The Bertz CT molecular complexity index is 355. The van der Waals surface area contributed by atoms with Crippen LogP contribution in [0, 0.1) is 5.21 Å². The van der Waals surface area contributed by atoms with Crippen molar-refractivity contribution in [1.29, 1.82) is 0 Å². The second-order valence-corrected chi connectivity index (χ2v) is 3.65. The molecule has 0 saturated carbocycles. The van der Waals surface area contributed by atoms with Gasteiger partial charge in [0.1, 0.15) is 5.54 Å². The fourth-order valence-electron chi connectivity index (χ4n) is 1.29. The second kappa shape index (κ2) is 7.32. The number of esters is 1. The van der Waals surface area contributed by atoms with Crippen molar-refractivity contribution in [2.45, 2.75) is 18.9 Å². The predicted octanol–water partition coefficient (Wildman–Crippen LogP) is 0.597. The predicted molar refractivity (Wildman–Crippen MR) is 68.2 cm³/mol. The summed E-state index contributed by atoms with van der Waals surface area (Å²) < 4.78 is 5.26. The van der Waals surface area contributed by atoms with Crippen LogP contribution >= 0.6 is 24.8 Å². The van der Waals surface area contributed by atoms with Gasteiger partial charge < -0.3 is 15.7 Å². The van der Waals surface area contributed by atoms with Crippen LogP contribution in [-0.2, 0) is 16.0 Å². The van der Waals surface area contributed by atoms with Crippen LogP contribution in [0.15, 0.2) is 24.5 Å². The average molecular weight is 283 g/mol. The van der Waals surface area contributed by atoms with Gasteiger partial charge in [-0.1, -0.05) is 0 Å². The number of carbonyl (C=O) groups excluding carboxylic acids is 1. The summed E-state index contributed by atoms with van der Waals surface area (Å²) in [7, 11) is 1.30. The molecule has 98 valence electrons. The standard InChI is InChI=1S/C10H14N2O3.2ClH/c1-10(11,9(13)15-2)7-8-3-5-12(14)6-4-8;;/h3-6H,7,11H2,1-2H3;2*1H. The zero-order valence-electron chi connectivity index (χ0n) is 9.58. The highest BCUT2D eigenvalue weighted by atomic mass is 35.5. The van der Waals surface area contributed by atoms with Crippen LogP contribution in [0.4, 0.5) is 0 Å². The molecule has 17 heavy (non-hydrogen) atoms. The van der Waals surface area contributed by atoms with Crippen LogP contribution in [0.5, 0.6) is 0 Å². The van der Waals surface area contributed by atoms with E-state index >= 15 is 0 Å². The molecular weight excluding hydrogens is 267 g/mol. The van der Waals surface area contributed by atoms with Gasteiger partial charge in [-0.3, -0.25) is 4.79 Å². The normalized spacial score (nSPS) is 12.6. The fraction of sp³-hybridized carbons (Fsp3) is 0.400. The molecule has 7 heteroatoms. The maximum Gasteiger partial charge on any atom is 0.325 e. The van der Waals surface area contributed by atoms with Gasteiger partial charge >= 0.3 is 5.97 Å². The minimum Gasteiger partial charge on any atom is -0.619 e. The lowest BCUT2D eigenvalue weighted by Crippen LogP contribution is -2.47. The van der Waals surface area contributed by atoms with Crippen molar-refractivity contribution < 1.29 is 14.3 Å². The van der Waals surface area contributed by atoms with Crippen molar-refractivity contribution in [1.82, 2.24) is 0 Å². The number of hydrogen-bond acceptors (Lipinski definition) is 4. The Morgan fingerprint density at radius 3 is 2.35 bits per heavy atom. The van der Waals surface area contributed by atoms with Crippen LogP contribution in [0.1, 0.15) is 12.5 Å². The molecule has 2 N–H and O–H groups in total. The maximum absolute atomic E-state index is 11.3. The van der Waals surface area contributed by atoms with Crippen molar-refractivity contribution in [3.8, 4) is 0 Å². The Labute approximate surface area is 112 Å². The van der Waals surface area contributed by atoms with E-state index in [1.165, 1.54) is 19.5 Å². The van der Waals surface area contributed by atoms with Crippen LogP contribution in [0.25, 0.3) is 0 Å². The first-order valence-electron chi connectivity index (χ1n) is 4.51. The summed E-state index contributed by atoms with van der Waals surface area (Å²) in [5.74, 6) is -0.471. The summed E-state index contributed by atoms with van der Waals surface area (Å²) >= 11 is 0. The average Bonchev–Trinajstić information content (AvgIpc) is 2.20. The van der Waals surface area contributed by atoms with Crippen LogP contribution < -0.4 is 10.5 Å². The second-order valence-electron chi connectivity index (χ2n) is 3.65. The van der Waals surface area contributed by atoms with E-state index in [1.807, 2.05) is 0 Å². The van der Waals surface area contributed by atoms with Crippen LogP contribution in [-0.4, -0.2) is 18.6 Å². The number of rotatable bonds is 3. The summed E-state index contributed by atoms with van der Waals surface area (Å²) in [4.78, 5) is 11.3. The topological polar surface area (TPSA) is 79.3 Å². The van der Waals surface area contributed by atoms with E-state index in [-0.39, 0.29) is 24.8 Å². The highest BCUT2D eigenvalue weighted by Crippen LogP contribution is 2.10. The summed E-state index contributed by atoms with van der Waals surface area (Å²) in [6.45, 7) is 1.59. The summed E-state index contributed by atoms with van der Waals surface area (Å²) in [6, 6.07) is 3.25.